The lowest BCUT2D eigenvalue weighted by atomic mass is 10.0. The van der Waals surface area contributed by atoms with Gasteiger partial charge in [-0.1, -0.05) is 76.6 Å². The topological polar surface area (TPSA) is 46.6 Å². The van der Waals surface area contributed by atoms with Gasteiger partial charge in [-0.2, -0.15) is 0 Å². The van der Waals surface area contributed by atoms with Crippen molar-refractivity contribution in [2.24, 2.45) is 0 Å². The number of carbonyl (C=O) groups is 1. The Morgan fingerprint density at radius 1 is 0.667 bits per heavy atom. The first-order valence-corrected chi connectivity index (χ1v) is 22.5. The Bertz CT molecular complexity index is 2480. The van der Waals surface area contributed by atoms with E-state index in [0.717, 1.165) is 34.0 Å². The number of hydrogen-bond donors (Lipinski definition) is 1. The maximum Gasteiger partial charge on any atom is 0.333 e. The number of carboxylic acids is 1. The van der Waals surface area contributed by atoms with Gasteiger partial charge in [0.25, 0.3) is 5.70 Å². The highest BCUT2D eigenvalue weighted by atomic mass is 32.1. The zero-order valence-corrected chi connectivity index (χ0v) is 34.5. The average molecular weight is 787 g/mol. The molecule has 2 aromatic carbocycles. The van der Waals surface area contributed by atoms with E-state index < -0.39 is 5.97 Å². The molecule has 5 aromatic heterocycles. The van der Waals surface area contributed by atoms with Crippen molar-refractivity contribution in [3.63, 3.8) is 0 Å². The van der Waals surface area contributed by atoms with Crippen molar-refractivity contribution in [3.05, 3.63) is 112 Å². The minimum Gasteiger partial charge on any atom is -0.486 e. The van der Waals surface area contributed by atoms with Crippen LogP contribution >= 0.6 is 45.3 Å². The number of benzene rings is 2. The summed E-state index contributed by atoms with van der Waals surface area (Å²) in [5.74, 6) is -1.19. The average Bonchev–Trinajstić information content (AvgIpc) is 4.03. The Kier molecular flexibility index (Phi) is 12.3. The van der Waals surface area contributed by atoms with Crippen LogP contribution in [0.1, 0.15) is 88.1 Å². The normalized spacial score (nSPS) is 11.9. The van der Waals surface area contributed by atoms with Gasteiger partial charge in [0.2, 0.25) is 0 Å². The van der Waals surface area contributed by atoms with Crippen LogP contribution in [0.5, 0.6) is 0 Å². The van der Waals surface area contributed by atoms with Gasteiger partial charge in [-0.25, -0.2) is 4.85 Å². The molecule has 0 atom stereocenters. The van der Waals surface area contributed by atoms with Crippen LogP contribution in [-0.2, 0) is 24.2 Å². The molecule has 7 aromatic rings. The number of aromatic nitrogens is 1. The van der Waals surface area contributed by atoms with E-state index in [4.69, 9.17) is 6.57 Å². The van der Waals surface area contributed by atoms with Gasteiger partial charge >= 0.3 is 5.97 Å². The van der Waals surface area contributed by atoms with Crippen LogP contribution in [0.2, 0.25) is 0 Å². The summed E-state index contributed by atoms with van der Waals surface area (Å²) < 4.78 is 2.44. The molecule has 1 N–H and O–H groups in total. The number of carboxylic acid groups (broad SMARTS) is 1. The molecule has 4 nitrogen and oxygen atoms in total. The van der Waals surface area contributed by atoms with E-state index in [9.17, 15) is 9.90 Å². The summed E-state index contributed by atoms with van der Waals surface area (Å²) in [6, 6.07) is 29.3. The van der Waals surface area contributed by atoms with Crippen molar-refractivity contribution in [1.82, 2.24) is 4.57 Å². The third-order valence-corrected chi connectivity index (χ3v) is 15.2. The zero-order chi connectivity index (χ0) is 37.6. The maximum absolute atomic E-state index is 11.4. The fraction of sp³-hybridized carbons (Fsp3) is 0.304. The molecular weight excluding hydrogens is 741 g/mol. The number of aliphatic carboxylic acids is 1. The summed E-state index contributed by atoms with van der Waals surface area (Å²) in [7, 11) is 0. The molecule has 0 radical (unpaired) electrons. The third kappa shape index (κ3) is 8.06. The number of unbranched alkanes of at least 4 members (excludes halogenated alkanes) is 6. The number of thiophene rings is 4. The zero-order valence-electron chi connectivity index (χ0n) is 31.2. The first kappa shape index (κ1) is 38.0. The third-order valence-electron chi connectivity index (χ3n) is 10.1. The van der Waals surface area contributed by atoms with Crippen LogP contribution in [0.3, 0.4) is 0 Å². The lowest BCUT2D eigenvalue weighted by molar-refractivity contribution is -0.132. The van der Waals surface area contributed by atoms with Gasteiger partial charge in [-0.15, -0.1) is 45.3 Å². The quantitative estimate of drug-likeness (QED) is 0.0568. The van der Waals surface area contributed by atoms with E-state index in [1.165, 1.54) is 132 Å². The SMILES string of the molecule is [C-]#[N+]/C(=C/c1ccc(-c2ccc(-c3cc(CCCCCC)c(-c4cc(CCCCCC)c(-c5ccc6c(c5)c5ccccc5n6CC)s4)s3)s2)s1)C(=O)O. The predicted octanol–water partition coefficient (Wildman–Crippen LogP) is 15.3. The molecule has 0 fully saturated rings. The van der Waals surface area contributed by atoms with Crippen molar-refractivity contribution in [2.45, 2.75) is 91.5 Å². The second-order valence-corrected chi connectivity index (χ2v) is 18.2. The molecule has 0 saturated heterocycles. The largest absolute Gasteiger partial charge is 0.486 e. The molecule has 0 aliphatic carbocycles. The fourth-order valence-electron chi connectivity index (χ4n) is 7.38. The minimum atomic E-state index is -1.19. The van der Waals surface area contributed by atoms with Crippen molar-refractivity contribution < 1.29 is 9.90 Å². The highest BCUT2D eigenvalue weighted by molar-refractivity contribution is 7.29. The number of aryl methyl sites for hydroxylation is 3. The first-order chi connectivity index (χ1) is 26.4. The van der Waals surface area contributed by atoms with E-state index in [1.54, 1.807) is 11.3 Å². The summed E-state index contributed by atoms with van der Waals surface area (Å²) in [4.78, 5) is 24.3. The van der Waals surface area contributed by atoms with E-state index in [-0.39, 0.29) is 5.70 Å². The predicted molar refractivity (Wildman–Crippen MR) is 236 cm³/mol. The summed E-state index contributed by atoms with van der Waals surface area (Å²) in [6.07, 6.45) is 13.6. The van der Waals surface area contributed by atoms with Gasteiger partial charge in [0, 0.05) is 67.4 Å². The molecule has 0 bridgehead atoms. The lowest BCUT2D eigenvalue weighted by Gasteiger charge is -2.06. The molecule has 276 valence electrons. The van der Waals surface area contributed by atoms with Crippen molar-refractivity contribution >= 4 is 79.2 Å². The van der Waals surface area contributed by atoms with Gasteiger partial charge in [0.05, 0.1) is 6.57 Å². The Balaban J connectivity index is 1.27. The summed E-state index contributed by atoms with van der Waals surface area (Å²) >= 11 is 7.21. The molecule has 0 aliphatic heterocycles. The molecule has 0 saturated carbocycles. The van der Waals surface area contributed by atoms with Crippen LogP contribution in [0.4, 0.5) is 0 Å². The van der Waals surface area contributed by atoms with Gasteiger partial charge < -0.3 is 9.67 Å². The van der Waals surface area contributed by atoms with Crippen LogP contribution in [0.25, 0.3) is 72.4 Å². The smallest absolute Gasteiger partial charge is 0.333 e. The second-order valence-electron chi connectivity index (χ2n) is 13.9. The fourth-order valence-corrected chi connectivity index (χ4v) is 12.1. The lowest BCUT2D eigenvalue weighted by Crippen LogP contribution is -1.94. The Morgan fingerprint density at radius 2 is 1.30 bits per heavy atom. The van der Waals surface area contributed by atoms with Crippen LogP contribution in [-0.4, -0.2) is 15.6 Å². The van der Waals surface area contributed by atoms with Crippen LogP contribution < -0.4 is 0 Å². The second kappa shape index (κ2) is 17.5. The Morgan fingerprint density at radius 3 is 2.00 bits per heavy atom. The van der Waals surface area contributed by atoms with E-state index in [2.05, 4.69) is 96.9 Å². The molecule has 0 spiro atoms. The Hall–Kier alpha value is -4.26. The minimum absolute atomic E-state index is 0.265. The highest BCUT2D eigenvalue weighted by Gasteiger charge is 2.20. The van der Waals surface area contributed by atoms with Crippen molar-refractivity contribution in [2.75, 3.05) is 0 Å². The Labute approximate surface area is 334 Å². The molecule has 54 heavy (non-hydrogen) atoms. The van der Waals surface area contributed by atoms with Crippen molar-refractivity contribution in [1.29, 1.82) is 0 Å². The maximum atomic E-state index is 11.4. The number of para-hydroxylation sites is 1. The summed E-state index contributed by atoms with van der Waals surface area (Å²) in [5.41, 5.74) is 6.60. The van der Waals surface area contributed by atoms with Crippen LogP contribution in [0, 0.1) is 6.57 Å². The molecule has 5 heterocycles. The number of nitrogens with zero attached hydrogens (tertiary/aromatic N) is 2. The van der Waals surface area contributed by atoms with E-state index >= 15 is 0 Å². The molecule has 7 rings (SSSR count). The number of fused-ring (bicyclic) bond motifs is 3. The van der Waals surface area contributed by atoms with Crippen LogP contribution in [0.15, 0.2) is 84.6 Å². The molecular formula is C46H46N2O2S4. The summed E-state index contributed by atoms with van der Waals surface area (Å²) in [6.45, 7) is 14.9. The standard InChI is InChI=1S/C46H46N2O2S4/c1-5-8-10-12-16-30-28-43(54-44(30)32-20-22-38-35(26-32)34-18-14-15-19-37(34)48(38)7-3)45-31(17-13-11-9-6-2)27-42(53-45)41-25-24-40(52-41)39-23-21-33(51-39)29-36(47-4)46(49)50/h14-15,18-29H,5-13,16-17H2,1-3H3,(H,49,50)/b36-29+. The van der Waals surface area contributed by atoms with Gasteiger partial charge in [-0.3, -0.25) is 4.79 Å². The molecule has 8 heteroatoms. The monoisotopic (exact) mass is 786 g/mol. The van der Waals surface area contributed by atoms with Gasteiger partial charge in [0.15, 0.2) is 0 Å². The number of rotatable bonds is 17. The van der Waals surface area contributed by atoms with E-state index in [0.29, 0.717) is 0 Å². The molecule has 0 aliphatic rings. The highest BCUT2D eigenvalue weighted by Crippen LogP contribution is 2.48. The van der Waals surface area contributed by atoms with E-state index in [1.807, 2.05) is 34.8 Å². The van der Waals surface area contributed by atoms with Gasteiger partial charge in [-0.05, 0) is 110 Å². The van der Waals surface area contributed by atoms with Gasteiger partial charge in [0.1, 0.15) is 0 Å². The van der Waals surface area contributed by atoms with Crippen molar-refractivity contribution in [3.8, 4) is 39.7 Å². The molecule has 0 amide bonds. The summed E-state index contributed by atoms with van der Waals surface area (Å²) in [5, 5.41) is 12.0. The number of hydrogen-bond acceptors (Lipinski definition) is 5. The molecule has 0 unspecified atom stereocenters. The first-order valence-electron chi connectivity index (χ1n) is 19.2.